The summed E-state index contributed by atoms with van der Waals surface area (Å²) in [5.74, 6) is 0. The molecule has 2 heteroatoms. The first-order chi connectivity index (χ1) is 19.6. The Morgan fingerprint density at radius 3 is 1.12 bits per heavy atom. The first-order valence-corrected chi connectivity index (χ1v) is 13.2. The first-order valence-electron chi connectivity index (χ1n) is 13.2. The van der Waals surface area contributed by atoms with E-state index in [1.54, 1.807) is 0 Å². The van der Waals surface area contributed by atoms with Crippen LogP contribution in [0.4, 0.5) is 0 Å². The molecule has 0 radical (unpaired) electrons. The average Bonchev–Trinajstić information content (AvgIpc) is 3.01. The van der Waals surface area contributed by atoms with Gasteiger partial charge in [0.2, 0.25) is 0 Å². The van der Waals surface area contributed by atoms with Crippen LogP contribution in [0.1, 0.15) is 55.6 Å². The first kappa shape index (κ1) is 26.2. The van der Waals surface area contributed by atoms with Crippen molar-refractivity contribution in [2.75, 3.05) is 0 Å². The molecule has 0 aliphatic carbocycles. The van der Waals surface area contributed by atoms with Gasteiger partial charge in [0, 0.05) is 0 Å². The van der Waals surface area contributed by atoms with Crippen molar-refractivity contribution in [3.05, 3.63) is 177 Å². The Bertz CT molecular complexity index is 1640. The molecule has 0 aromatic heterocycles. The van der Waals surface area contributed by atoms with Crippen LogP contribution in [0, 0.1) is 36.5 Å². The molecule has 0 atom stereocenters. The molecule has 0 unspecified atom stereocenters. The van der Waals surface area contributed by atoms with Crippen molar-refractivity contribution in [3.8, 4) is 12.1 Å². The number of benzene rings is 5. The number of hydrogen-bond acceptors (Lipinski definition) is 2. The second-order valence-electron chi connectivity index (χ2n) is 9.79. The quantitative estimate of drug-likeness (QED) is 0.213. The molecule has 0 spiro atoms. The van der Waals surface area contributed by atoms with Crippen LogP contribution in [0.2, 0.25) is 0 Å². The Kier molecular flexibility index (Phi) is 7.82. The van der Waals surface area contributed by atoms with Crippen LogP contribution >= 0.6 is 0 Å². The van der Waals surface area contributed by atoms with Crippen LogP contribution in [0.25, 0.3) is 23.3 Å². The SMILES string of the molecule is Cc1cc(C=C(c2ccccc2)c2ccc(C#N)cc2)c(C)cc1C=C(c1ccccc1)c1ccc(C#N)cc1. The van der Waals surface area contributed by atoms with Gasteiger partial charge in [-0.15, -0.1) is 0 Å². The lowest BCUT2D eigenvalue weighted by atomic mass is 9.90. The predicted octanol–water partition coefficient (Wildman–Crippen LogP) is 9.22. The van der Waals surface area contributed by atoms with E-state index in [4.69, 9.17) is 0 Å². The molecule has 0 bridgehead atoms. The van der Waals surface area contributed by atoms with Crippen molar-refractivity contribution in [3.63, 3.8) is 0 Å². The van der Waals surface area contributed by atoms with E-state index in [0.717, 1.165) is 44.5 Å². The van der Waals surface area contributed by atoms with Crippen LogP contribution in [-0.4, -0.2) is 0 Å². The molecule has 0 saturated carbocycles. The third-order valence-corrected chi connectivity index (χ3v) is 7.07. The molecule has 5 rings (SSSR count). The van der Waals surface area contributed by atoms with E-state index in [2.05, 4.69) is 74.5 Å². The van der Waals surface area contributed by atoms with E-state index in [1.807, 2.05) is 84.9 Å². The van der Waals surface area contributed by atoms with Crippen molar-refractivity contribution in [2.24, 2.45) is 0 Å². The van der Waals surface area contributed by atoms with E-state index in [9.17, 15) is 10.5 Å². The highest BCUT2D eigenvalue weighted by Crippen LogP contribution is 2.31. The van der Waals surface area contributed by atoms with Crippen molar-refractivity contribution in [1.82, 2.24) is 0 Å². The summed E-state index contributed by atoms with van der Waals surface area (Å²) < 4.78 is 0. The fourth-order valence-electron chi connectivity index (χ4n) is 4.83. The van der Waals surface area contributed by atoms with Gasteiger partial charge < -0.3 is 0 Å². The summed E-state index contributed by atoms with van der Waals surface area (Å²) in [6, 6.07) is 45.2. The fourth-order valence-corrected chi connectivity index (χ4v) is 4.83. The lowest BCUT2D eigenvalue weighted by Gasteiger charge is -2.14. The summed E-state index contributed by atoms with van der Waals surface area (Å²) in [6.45, 7) is 4.29. The molecule has 2 nitrogen and oxygen atoms in total. The van der Waals surface area contributed by atoms with Crippen LogP contribution in [-0.2, 0) is 0 Å². The number of nitrogens with zero attached hydrogens (tertiary/aromatic N) is 2. The predicted molar refractivity (Wildman–Crippen MR) is 165 cm³/mol. The fraction of sp³-hybridized carbons (Fsp3) is 0.0526. The van der Waals surface area contributed by atoms with Crippen molar-refractivity contribution >= 4 is 23.3 Å². The van der Waals surface area contributed by atoms with Gasteiger partial charge in [0.15, 0.2) is 0 Å². The van der Waals surface area contributed by atoms with Gasteiger partial charge >= 0.3 is 0 Å². The molecule has 5 aromatic rings. The molecule has 0 amide bonds. The van der Waals surface area contributed by atoms with Crippen molar-refractivity contribution in [2.45, 2.75) is 13.8 Å². The Morgan fingerprint density at radius 2 is 0.800 bits per heavy atom. The Hall–Kier alpha value is -5.44. The van der Waals surface area contributed by atoms with Gasteiger partial charge in [-0.05, 0) is 106 Å². The molecular formula is C38H28N2. The minimum Gasteiger partial charge on any atom is -0.192 e. The smallest absolute Gasteiger partial charge is 0.0991 e. The molecule has 0 heterocycles. The molecule has 0 fully saturated rings. The van der Waals surface area contributed by atoms with E-state index < -0.39 is 0 Å². The Labute approximate surface area is 236 Å². The van der Waals surface area contributed by atoms with E-state index in [1.165, 1.54) is 11.1 Å². The number of nitriles is 2. The van der Waals surface area contributed by atoms with Crippen LogP contribution < -0.4 is 0 Å². The zero-order chi connectivity index (χ0) is 27.9. The van der Waals surface area contributed by atoms with Gasteiger partial charge in [0.05, 0.1) is 23.3 Å². The standard InChI is InChI=1S/C38H28N2/c1-27-21-36(24-38(32-11-7-4-8-12-32)34-19-15-30(26-40)16-20-34)28(2)22-35(27)23-37(31-9-5-3-6-10-31)33-17-13-29(25-39)14-18-33/h3-24H,1-2H3. The average molecular weight is 513 g/mol. The second kappa shape index (κ2) is 12.0. The number of rotatable bonds is 6. The topological polar surface area (TPSA) is 47.6 Å². The monoisotopic (exact) mass is 512 g/mol. The van der Waals surface area contributed by atoms with Gasteiger partial charge in [0.1, 0.15) is 0 Å². The van der Waals surface area contributed by atoms with Gasteiger partial charge in [-0.25, -0.2) is 0 Å². The summed E-state index contributed by atoms with van der Waals surface area (Å²) in [4.78, 5) is 0. The molecule has 0 aliphatic rings. The zero-order valence-corrected chi connectivity index (χ0v) is 22.6. The van der Waals surface area contributed by atoms with Crippen LogP contribution in [0.5, 0.6) is 0 Å². The Balaban J connectivity index is 1.61. The highest BCUT2D eigenvalue weighted by molar-refractivity contribution is 5.94. The molecule has 40 heavy (non-hydrogen) atoms. The van der Waals surface area contributed by atoms with Gasteiger partial charge in [-0.3, -0.25) is 0 Å². The third kappa shape index (κ3) is 5.83. The maximum absolute atomic E-state index is 9.26. The number of hydrogen-bond donors (Lipinski definition) is 0. The molecule has 0 N–H and O–H groups in total. The normalized spacial score (nSPS) is 11.5. The zero-order valence-electron chi connectivity index (χ0n) is 22.6. The number of aryl methyl sites for hydroxylation is 2. The van der Waals surface area contributed by atoms with E-state index in [0.29, 0.717) is 11.1 Å². The second-order valence-corrected chi connectivity index (χ2v) is 9.79. The maximum Gasteiger partial charge on any atom is 0.0991 e. The van der Waals surface area contributed by atoms with Gasteiger partial charge in [-0.1, -0.05) is 97.1 Å². The van der Waals surface area contributed by atoms with E-state index in [-0.39, 0.29) is 0 Å². The van der Waals surface area contributed by atoms with E-state index >= 15 is 0 Å². The molecule has 190 valence electrons. The highest BCUT2D eigenvalue weighted by atomic mass is 14.2. The largest absolute Gasteiger partial charge is 0.192 e. The van der Waals surface area contributed by atoms with Crippen molar-refractivity contribution < 1.29 is 0 Å². The van der Waals surface area contributed by atoms with Gasteiger partial charge in [-0.2, -0.15) is 10.5 Å². The van der Waals surface area contributed by atoms with Crippen LogP contribution in [0.15, 0.2) is 121 Å². The summed E-state index contributed by atoms with van der Waals surface area (Å²) in [5.41, 5.74) is 12.5. The lowest BCUT2D eigenvalue weighted by molar-refractivity contribution is 1.35. The Morgan fingerprint density at radius 1 is 0.475 bits per heavy atom. The third-order valence-electron chi connectivity index (χ3n) is 7.07. The molecule has 0 aliphatic heterocycles. The minimum absolute atomic E-state index is 0.649. The highest BCUT2D eigenvalue weighted by Gasteiger charge is 2.11. The lowest BCUT2D eigenvalue weighted by Crippen LogP contribution is -1.94. The summed E-state index contributed by atoms with van der Waals surface area (Å²) in [5, 5.41) is 18.5. The minimum atomic E-state index is 0.649. The maximum atomic E-state index is 9.26. The van der Waals surface area contributed by atoms with Crippen LogP contribution in [0.3, 0.4) is 0 Å². The van der Waals surface area contributed by atoms with Gasteiger partial charge in [0.25, 0.3) is 0 Å². The summed E-state index contributed by atoms with van der Waals surface area (Å²) in [6.07, 6.45) is 4.48. The molecule has 0 saturated heterocycles. The molecular weight excluding hydrogens is 484 g/mol. The van der Waals surface area contributed by atoms with Crippen molar-refractivity contribution in [1.29, 1.82) is 10.5 Å². The summed E-state index contributed by atoms with van der Waals surface area (Å²) >= 11 is 0. The summed E-state index contributed by atoms with van der Waals surface area (Å²) in [7, 11) is 0. The molecule has 5 aromatic carbocycles.